The Morgan fingerprint density at radius 3 is 3.05 bits per heavy atom. The smallest absolute Gasteiger partial charge is 0.166 e. The SMILES string of the molecule is CCCCN(CC1CCCN1)c1ncc(Br)cc1F. The van der Waals surface area contributed by atoms with E-state index in [-0.39, 0.29) is 5.82 Å². The third kappa shape index (κ3) is 4.14. The van der Waals surface area contributed by atoms with Gasteiger partial charge in [0.25, 0.3) is 0 Å². The Morgan fingerprint density at radius 2 is 2.42 bits per heavy atom. The molecule has 2 rings (SSSR count). The van der Waals surface area contributed by atoms with E-state index in [1.54, 1.807) is 6.20 Å². The quantitative estimate of drug-likeness (QED) is 0.867. The molecule has 1 aromatic heterocycles. The fraction of sp³-hybridized carbons (Fsp3) is 0.643. The highest BCUT2D eigenvalue weighted by molar-refractivity contribution is 9.10. The average Bonchev–Trinajstić information content (AvgIpc) is 2.88. The number of hydrogen-bond acceptors (Lipinski definition) is 3. The van der Waals surface area contributed by atoms with Crippen molar-refractivity contribution in [1.82, 2.24) is 10.3 Å². The van der Waals surface area contributed by atoms with Gasteiger partial charge in [-0.15, -0.1) is 0 Å². The number of anilines is 1. The second kappa shape index (κ2) is 7.20. The van der Waals surface area contributed by atoms with Gasteiger partial charge in [0.05, 0.1) is 0 Å². The Labute approximate surface area is 122 Å². The molecule has 1 N–H and O–H groups in total. The van der Waals surface area contributed by atoms with Crippen LogP contribution in [0.15, 0.2) is 16.7 Å². The lowest BCUT2D eigenvalue weighted by Gasteiger charge is -2.27. The molecule has 1 atom stereocenters. The van der Waals surface area contributed by atoms with E-state index >= 15 is 0 Å². The highest BCUT2D eigenvalue weighted by atomic mass is 79.9. The molecule has 19 heavy (non-hydrogen) atoms. The lowest BCUT2D eigenvalue weighted by molar-refractivity contribution is 0.550. The summed E-state index contributed by atoms with van der Waals surface area (Å²) in [5.74, 6) is 0.230. The fourth-order valence-electron chi connectivity index (χ4n) is 2.45. The van der Waals surface area contributed by atoms with Gasteiger partial charge in [-0.1, -0.05) is 13.3 Å². The summed E-state index contributed by atoms with van der Waals surface area (Å²) in [4.78, 5) is 6.33. The van der Waals surface area contributed by atoms with Crippen LogP contribution in [-0.4, -0.2) is 30.7 Å². The first-order valence-corrected chi connectivity index (χ1v) is 7.79. The maximum Gasteiger partial charge on any atom is 0.166 e. The Balaban J connectivity index is 2.10. The molecule has 0 spiro atoms. The van der Waals surface area contributed by atoms with Crippen LogP contribution in [0.5, 0.6) is 0 Å². The Kier molecular flexibility index (Phi) is 5.58. The molecule has 0 radical (unpaired) electrons. The summed E-state index contributed by atoms with van der Waals surface area (Å²) >= 11 is 3.25. The van der Waals surface area contributed by atoms with E-state index in [4.69, 9.17) is 0 Å². The molecule has 3 nitrogen and oxygen atoms in total. The van der Waals surface area contributed by atoms with Crippen LogP contribution in [0.2, 0.25) is 0 Å². The van der Waals surface area contributed by atoms with Gasteiger partial charge in [0.15, 0.2) is 11.6 Å². The van der Waals surface area contributed by atoms with Crippen molar-refractivity contribution in [2.75, 3.05) is 24.5 Å². The van der Waals surface area contributed by atoms with E-state index < -0.39 is 0 Å². The predicted molar refractivity (Wildman–Crippen MR) is 80.0 cm³/mol. The van der Waals surface area contributed by atoms with Crippen LogP contribution in [0.25, 0.3) is 0 Å². The topological polar surface area (TPSA) is 28.2 Å². The van der Waals surface area contributed by atoms with Gasteiger partial charge in [0, 0.05) is 29.8 Å². The van der Waals surface area contributed by atoms with Crippen LogP contribution in [0.4, 0.5) is 10.2 Å². The highest BCUT2D eigenvalue weighted by Crippen LogP contribution is 2.21. The molecular weight excluding hydrogens is 309 g/mol. The van der Waals surface area contributed by atoms with Crippen LogP contribution in [0.3, 0.4) is 0 Å². The first kappa shape index (κ1) is 14.7. The third-order valence-corrected chi connectivity index (χ3v) is 3.91. The van der Waals surface area contributed by atoms with Gasteiger partial charge in [-0.25, -0.2) is 9.37 Å². The largest absolute Gasteiger partial charge is 0.353 e. The van der Waals surface area contributed by atoms with Crippen LogP contribution in [0.1, 0.15) is 32.6 Å². The van der Waals surface area contributed by atoms with Crippen LogP contribution in [-0.2, 0) is 0 Å². The van der Waals surface area contributed by atoms with Crippen molar-refractivity contribution < 1.29 is 4.39 Å². The van der Waals surface area contributed by atoms with Crippen LogP contribution >= 0.6 is 15.9 Å². The monoisotopic (exact) mass is 329 g/mol. The van der Waals surface area contributed by atoms with Gasteiger partial charge in [-0.3, -0.25) is 0 Å². The molecule has 106 valence electrons. The minimum absolute atomic E-state index is 0.247. The van der Waals surface area contributed by atoms with E-state index in [9.17, 15) is 4.39 Å². The summed E-state index contributed by atoms with van der Waals surface area (Å²) in [6, 6.07) is 1.95. The summed E-state index contributed by atoms with van der Waals surface area (Å²) in [6.45, 7) is 4.92. The molecule has 0 bridgehead atoms. The predicted octanol–water partition coefficient (Wildman–Crippen LogP) is 3.34. The van der Waals surface area contributed by atoms with Crippen molar-refractivity contribution in [3.05, 3.63) is 22.6 Å². The first-order chi connectivity index (χ1) is 9.20. The van der Waals surface area contributed by atoms with Crippen LogP contribution < -0.4 is 10.2 Å². The lowest BCUT2D eigenvalue weighted by atomic mass is 10.2. The molecule has 1 fully saturated rings. The van der Waals surface area contributed by atoms with E-state index in [1.165, 1.54) is 18.9 Å². The third-order valence-electron chi connectivity index (χ3n) is 3.47. The molecule has 1 saturated heterocycles. The Hall–Kier alpha value is -0.680. The van der Waals surface area contributed by atoms with Gasteiger partial charge in [0.1, 0.15) is 0 Å². The second-order valence-electron chi connectivity index (χ2n) is 5.05. The summed E-state index contributed by atoms with van der Waals surface area (Å²) in [5, 5.41) is 3.46. The molecule has 2 heterocycles. The molecular formula is C14H21BrFN3. The summed E-state index contributed by atoms with van der Waals surface area (Å²) in [5.41, 5.74) is 0. The van der Waals surface area contributed by atoms with Crippen molar-refractivity contribution in [2.24, 2.45) is 0 Å². The number of nitrogens with one attached hydrogen (secondary N) is 1. The minimum atomic E-state index is -0.247. The van der Waals surface area contributed by atoms with E-state index in [1.807, 2.05) is 0 Å². The first-order valence-electron chi connectivity index (χ1n) is 7.00. The van der Waals surface area contributed by atoms with Gasteiger partial charge in [-0.2, -0.15) is 0 Å². The molecule has 1 aliphatic rings. The van der Waals surface area contributed by atoms with Gasteiger partial charge >= 0.3 is 0 Å². The van der Waals surface area contributed by atoms with Crippen molar-refractivity contribution in [2.45, 2.75) is 38.6 Å². The van der Waals surface area contributed by atoms with Crippen molar-refractivity contribution in [3.8, 4) is 0 Å². The summed E-state index contributed by atoms with van der Waals surface area (Å²) in [7, 11) is 0. The zero-order valence-corrected chi connectivity index (χ0v) is 12.9. The summed E-state index contributed by atoms with van der Waals surface area (Å²) in [6.07, 6.45) is 6.21. The van der Waals surface area contributed by atoms with Crippen LogP contribution in [0, 0.1) is 5.82 Å². The lowest BCUT2D eigenvalue weighted by Crippen LogP contribution is -2.39. The number of pyridine rings is 1. The number of nitrogens with zero attached hydrogens (tertiary/aromatic N) is 2. The van der Waals surface area contributed by atoms with Crippen molar-refractivity contribution in [1.29, 1.82) is 0 Å². The molecule has 1 aromatic rings. The molecule has 1 aliphatic heterocycles. The number of halogens is 2. The number of hydrogen-bond donors (Lipinski definition) is 1. The highest BCUT2D eigenvalue weighted by Gasteiger charge is 2.20. The maximum atomic E-state index is 14.0. The fourth-order valence-corrected chi connectivity index (χ4v) is 2.75. The number of rotatable bonds is 6. The van der Waals surface area contributed by atoms with Gasteiger partial charge in [-0.05, 0) is 47.8 Å². The zero-order chi connectivity index (χ0) is 13.7. The standard InChI is InChI=1S/C14H21BrFN3/c1-2-3-7-19(10-12-5-4-6-17-12)14-13(16)8-11(15)9-18-14/h8-9,12,17H,2-7,10H2,1H3. The molecule has 0 aliphatic carbocycles. The molecule has 0 aromatic carbocycles. The Bertz CT molecular complexity index is 408. The Morgan fingerprint density at radius 1 is 1.58 bits per heavy atom. The van der Waals surface area contributed by atoms with E-state index in [0.717, 1.165) is 32.5 Å². The molecule has 0 amide bonds. The second-order valence-corrected chi connectivity index (χ2v) is 5.97. The number of unbranched alkanes of at least 4 members (excludes halogenated alkanes) is 1. The molecule has 0 saturated carbocycles. The van der Waals surface area contributed by atoms with Crippen molar-refractivity contribution in [3.63, 3.8) is 0 Å². The molecule has 5 heteroatoms. The van der Waals surface area contributed by atoms with E-state index in [0.29, 0.717) is 16.3 Å². The summed E-state index contributed by atoms with van der Waals surface area (Å²) < 4.78 is 14.7. The maximum absolute atomic E-state index is 14.0. The average molecular weight is 330 g/mol. The van der Waals surface area contributed by atoms with Gasteiger partial charge < -0.3 is 10.2 Å². The van der Waals surface area contributed by atoms with Crippen molar-refractivity contribution >= 4 is 21.7 Å². The number of aromatic nitrogens is 1. The zero-order valence-electron chi connectivity index (χ0n) is 11.3. The van der Waals surface area contributed by atoms with Gasteiger partial charge in [0.2, 0.25) is 0 Å². The minimum Gasteiger partial charge on any atom is -0.353 e. The van der Waals surface area contributed by atoms with E-state index in [2.05, 4.69) is 38.1 Å². The normalized spacial score (nSPS) is 18.8. The molecule has 1 unspecified atom stereocenters.